The van der Waals surface area contributed by atoms with Crippen LogP contribution in [0.3, 0.4) is 0 Å². The fraction of sp³-hybridized carbons (Fsp3) is 0.364. The van der Waals surface area contributed by atoms with Crippen LogP contribution in [0.2, 0.25) is 0 Å². The Morgan fingerprint density at radius 3 is 2.87 bits per heavy atom. The Morgan fingerprint density at radius 1 is 1.53 bits per heavy atom. The molecule has 0 saturated heterocycles. The van der Waals surface area contributed by atoms with Crippen LogP contribution in [0.25, 0.3) is 0 Å². The third kappa shape index (κ3) is 2.72. The number of nitrogen functional groups attached to an aromatic ring is 1. The lowest BCUT2D eigenvalue weighted by Crippen LogP contribution is -2.09. The number of benzene rings is 1. The fourth-order valence-corrected chi connectivity index (χ4v) is 1.65. The molecule has 0 heterocycles. The van der Waals surface area contributed by atoms with Crippen LogP contribution in [0.5, 0.6) is 0 Å². The van der Waals surface area contributed by atoms with Crippen molar-refractivity contribution in [3.63, 3.8) is 0 Å². The minimum absolute atomic E-state index is 0.327. The molecule has 1 aromatic carbocycles. The highest BCUT2D eigenvalue weighted by Gasteiger charge is 2.23. The molecule has 0 radical (unpaired) electrons. The van der Waals surface area contributed by atoms with Gasteiger partial charge in [0.15, 0.2) is 0 Å². The molecule has 80 valence electrons. The van der Waals surface area contributed by atoms with E-state index in [2.05, 4.69) is 15.9 Å². The van der Waals surface area contributed by atoms with E-state index < -0.39 is 0 Å². The van der Waals surface area contributed by atoms with Crippen LogP contribution in [0.1, 0.15) is 23.2 Å². The molecule has 15 heavy (non-hydrogen) atoms. The lowest BCUT2D eigenvalue weighted by Gasteiger charge is -2.06. The summed E-state index contributed by atoms with van der Waals surface area (Å²) in [6, 6.07) is 5.16. The van der Waals surface area contributed by atoms with Gasteiger partial charge in [0.2, 0.25) is 0 Å². The van der Waals surface area contributed by atoms with Crippen LogP contribution in [-0.2, 0) is 4.74 Å². The van der Waals surface area contributed by atoms with Gasteiger partial charge in [0.25, 0.3) is 0 Å². The maximum atomic E-state index is 11.6. The van der Waals surface area contributed by atoms with Crippen LogP contribution in [0.4, 0.5) is 5.69 Å². The number of esters is 1. The predicted molar refractivity (Wildman–Crippen MR) is 61.6 cm³/mol. The average molecular weight is 270 g/mol. The molecule has 4 heteroatoms. The molecular weight excluding hydrogens is 258 g/mol. The molecule has 1 fully saturated rings. The summed E-state index contributed by atoms with van der Waals surface area (Å²) >= 11 is 3.29. The Morgan fingerprint density at radius 2 is 2.27 bits per heavy atom. The first kappa shape index (κ1) is 10.5. The molecule has 2 rings (SSSR count). The van der Waals surface area contributed by atoms with E-state index in [-0.39, 0.29) is 5.97 Å². The van der Waals surface area contributed by atoms with Crippen molar-refractivity contribution in [3.05, 3.63) is 28.2 Å². The molecule has 0 bridgehead atoms. The van der Waals surface area contributed by atoms with Crippen LogP contribution in [0, 0.1) is 5.92 Å². The van der Waals surface area contributed by atoms with Gasteiger partial charge in [-0.15, -0.1) is 0 Å². The van der Waals surface area contributed by atoms with Crippen molar-refractivity contribution in [2.45, 2.75) is 12.8 Å². The maximum absolute atomic E-state index is 11.6. The van der Waals surface area contributed by atoms with E-state index in [1.54, 1.807) is 18.2 Å². The van der Waals surface area contributed by atoms with Crippen molar-refractivity contribution < 1.29 is 9.53 Å². The molecule has 0 aromatic heterocycles. The Kier molecular flexibility index (Phi) is 2.95. The average Bonchev–Trinajstić information content (AvgIpc) is 2.97. The first-order valence-corrected chi connectivity index (χ1v) is 5.68. The third-order valence-corrected chi connectivity index (χ3v) is 2.87. The second kappa shape index (κ2) is 4.23. The summed E-state index contributed by atoms with van der Waals surface area (Å²) < 4.78 is 6.00. The van der Waals surface area contributed by atoms with Gasteiger partial charge in [0.1, 0.15) is 0 Å². The van der Waals surface area contributed by atoms with Gasteiger partial charge in [0.05, 0.1) is 12.2 Å². The first-order chi connectivity index (χ1) is 7.16. The Labute approximate surface area is 96.7 Å². The van der Waals surface area contributed by atoms with Gasteiger partial charge < -0.3 is 10.5 Å². The number of hydrogen-bond acceptors (Lipinski definition) is 3. The van der Waals surface area contributed by atoms with Gasteiger partial charge in [-0.25, -0.2) is 4.79 Å². The number of carbonyl (C=O) groups is 1. The van der Waals surface area contributed by atoms with Crippen molar-refractivity contribution in [1.82, 2.24) is 0 Å². The Balaban J connectivity index is 2.03. The second-order valence-electron chi connectivity index (χ2n) is 3.77. The first-order valence-electron chi connectivity index (χ1n) is 4.89. The molecule has 0 amide bonds. The maximum Gasteiger partial charge on any atom is 0.340 e. The fourth-order valence-electron chi connectivity index (χ4n) is 1.28. The van der Waals surface area contributed by atoms with Crippen molar-refractivity contribution in [2.24, 2.45) is 5.92 Å². The van der Waals surface area contributed by atoms with E-state index in [1.165, 1.54) is 12.8 Å². The lowest BCUT2D eigenvalue weighted by atomic mass is 10.2. The molecule has 0 aliphatic heterocycles. The molecule has 0 unspecified atom stereocenters. The lowest BCUT2D eigenvalue weighted by molar-refractivity contribution is 0.0487. The SMILES string of the molecule is Nc1cc(Br)ccc1C(=O)OCC1CC1. The number of anilines is 1. The minimum Gasteiger partial charge on any atom is -0.462 e. The zero-order chi connectivity index (χ0) is 10.8. The number of carbonyl (C=O) groups excluding carboxylic acids is 1. The van der Waals surface area contributed by atoms with Gasteiger partial charge in [-0.05, 0) is 37.0 Å². The van der Waals surface area contributed by atoms with E-state index in [9.17, 15) is 4.79 Å². The number of halogens is 1. The molecule has 0 atom stereocenters. The molecule has 1 aromatic rings. The molecule has 3 nitrogen and oxygen atoms in total. The number of hydrogen-bond donors (Lipinski definition) is 1. The topological polar surface area (TPSA) is 52.3 Å². The van der Waals surface area contributed by atoms with Crippen LogP contribution in [0.15, 0.2) is 22.7 Å². The molecule has 0 spiro atoms. The molecule has 2 N–H and O–H groups in total. The van der Waals surface area contributed by atoms with Crippen LogP contribution >= 0.6 is 15.9 Å². The monoisotopic (exact) mass is 269 g/mol. The smallest absolute Gasteiger partial charge is 0.340 e. The Bertz CT molecular complexity index is 388. The van der Waals surface area contributed by atoms with Crippen LogP contribution in [-0.4, -0.2) is 12.6 Å². The molecule has 1 aliphatic carbocycles. The third-order valence-electron chi connectivity index (χ3n) is 2.38. The minimum atomic E-state index is -0.327. The van der Waals surface area contributed by atoms with Gasteiger partial charge >= 0.3 is 5.97 Å². The van der Waals surface area contributed by atoms with Gasteiger partial charge in [-0.3, -0.25) is 0 Å². The highest BCUT2D eigenvalue weighted by atomic mass is 79.9. The Hall–Kier alpha value is -1.03. The molecular formula is C11H12BrNO2. The highest BCUT2D eigenvalue weighted by Crippen LogP contribution is 2.29. The largest absolute Gasteiger partial charge is 0.462 e. The summed E-state index contributed by atoms with van der Waals surface area (Å²) in [7, 11) is 0. The summed E-state index contributed by atoms with van der Waals surface area (Å²) in [5.41, 5.74) is 6.61. The van der Waals surface area contributed by atoms with Crippen molar-refractivity contribution >= 4 is 27.6 Å². The normalized spacial score (nSPS) is 15.0. The quantitative estimate of drug-likeness (QED) is 0.678. The van der Waals surface area contributed by atoms with E-state index in [1.807, 2.05) is 0 Å². The summed E-state index contributed by atoms with van der Waals surface area (Å²) in [5.74, 6) is 0.248. The summed E-state index contributed by atoms with van der Waals surface area (Å²) in [5, 5.41) is 0. The summed E-state index contributed by atoms with van der Waals surface area (Å²) in [6.07, 6.45) is 2.34. The van der Waals surface area contributed by atoms with Crippen molar-refractivity contribution in [3.8, 4) is 0 Å². The van der Waals surface area contributed by atoms with Crippen molar-refractivity contribution in [2.75, 3.05) is 12.3 Å². The number of nitrogens with two attached hydrogens (primary N) is 1. The van der Waals surface area contributed by atoms with Crippen molar-refractivity contribution in [1.29, 1.82) is 0 Å². The van der Waals surface area contributed by atoms with Crippen LogP contribution < -0.4 is 5.73 Å². The molecule has 1 saturated carbocycles. The zero-order valence-electron chi connectivity index (χ0n) is 8.20. The summed E-state index contributed by atoms with van der Waals surface area (Å²) in [6.45, 7) is 0.522. The standard InChI is InChI=1S/C11H12BrNO2/c12-8-3-4-9(10(13)5-8)11(14)15-6-7-1-2-7/h3-5,7H,1-2,6,13H2. The van der Waals surface area contributed by atoms with Gasteiger partial charge in [0, 0.05) is 10.2 Å². The zero-order valence-corrected chi connectivity index (χ0v) is 9.79. The number of rotatable bonds is 3. The second-order valence-corrected chi connectivity index (χ2v) is 4.69. The van der Waals surface area contributed by atoms with Gasteiger partial charge in [-0.1, -0.05) is 15.9 Å². The molecule has 1 aliphatic rings. The van der Waals surface area contributed by atoms with E-state index in [0.29, 0.717) is 23.8 Å². The van der Waals surface area contributed by atoms with E-state index in [0.717, 1.165) is 4.47 Å². The van der Waals surface area contributed by atoms with Gasteiger partial charge in [-0.2, -0.15) is 0 Å². The van der Waals surface area contributed by atoms with E-state index in [4.69, 9.17) is 10.5 Å². The van der Waals surface area contributed by atoms with E-state index >= 15 is 0 Å². The highest BCUT2D eigenvalue weighted by molar-refractivity contribution is 9.10. The summed E-state index contributed by atoms with van der Waals surface area (Å²) in [4.78, 5) is 11.6. The predicted octanol–water partition coefficient (Wildman–Crippen LogP) is 2.60. The number of ether oxygens (including phenoxy) is 1.